The lowest BCUT2D eigenvalue weighted by molar-refractivity contribution is -0.115. The molecular weight excluding hydrogens is 376 g/mol. The molecule has 30 heavy (non-hydrogen) atoms. The Kier molecular flexibility index (Phi) is 5.83. The zero-order valence-electron chi connectivity index (χ0n) is 18.1. The van der Waals surface area contributed by atoms with Crippen molar-refractivity contribution >= 4 is 17.4 Å². The first kappa shape index (κ1) is 20.5. The minimum absolute atomic E-state index is 0.0917. The van der Waals surface area contributed by atoms with Crippen LogP contribution in [0.25, 0.3) is 0 Å². The van der Waals surface area contributed by atoms with Gasteiger partial charge in [-0.05, 0) is 63.6 Å². The first-order chi connectivity index (χ1) is 14.5. The summed E-state index contributed by atoms with van der Waals surface area (Å²) in [5.74, 6) is 0.514. The third-order valence-electron chi connectivity index (χ3n) is 6.39. The number of amides is 1. The summed E-state index contributed by atoms with van der Waals surface area (Å²) in [4.78, 5) is 15.2. The van der Waals surface area contributed by atoms with Gasteiger partial charge < -0.3 is 19.5 Å². The highest BCUT2D eigenvalue weighted by atomic mass is 16.5. The average Bonchev–Trinajstić information content (AvgIpc) is 3.31. The molecule has 1 atom stereocenters. The molecule has 3 heterocycles. The van der Waals surface area contributed by atoms with Crippen LogP contribution in [0.2, 0.25) is 0 Å². The number of aryl methyl sites for hydroxylation is 2. The number of fused-ring (bicyclic) bond motifs is 1. The maximum Gasteiger partial charge on any atom is 0.245 e. The van der Waals surface area contributed by atoms with E-state index < -0.39 is 0 Å². The second-order valence-corrected chi connectivity index (χ2v) is 8.50. The van der Waals surface area contributed by atoms with E-state index in [-0.39, 0.29) is 18.6 Å². The Balaban J connectivity index is 1.55. The fraction of sp³-hybridized carbons (Fsp3) is 0.500. The summed E-state index contributed by atoms with van der Waals surface area (Å²) in [6, 6.07) is 8.72. The first-order valence-corrected chi connectivity index (χ1v) is 10.8. The molecule has 1 amide bonds. The fourth-order valence-corrected chi connectivity index (χ4v) is 4.66. The second-order valence-electron chi connectivity index (χ2n) is 8.50. The van der Waals surface area contributed by atoms with Crippen LogP contribution in [0.5, 0.6) is 0 Å². The largest absolute Gasteiger partial charge is 0.376 e. The minimum atomic E-state index is -0.0917. The Hall–Kier alpha value is -2.78. The molecule has 158 valence electrons. The molecule has 1 aromatic carbocycles. The number of hydrogen-bond donors (Lipinski definition) is 1. The van der Waals surface area contributed by atoms with Crippen molar-refractivity contribution in [3.63, 3.8) is 0 Å². The number of nitrogens with zero attached hydrogens (tertiary/aromatic N) is 3. The molecule has 0 bridgehead atoms. The quantitative estimate of drug-likeness (QED) is 0.819. The summed E-state index contributed by atoms with van der Waals surface area (Å²) in [5, 5.41) is 12.8. The molecule has 0 radical (unpaired) electrons. The zero-order valence-corrected chi connectivity index (χ0v) is 18.1. The second kappa shape index (κ2) is 8.53. The normalized spacial score (nSPS) is 18.2. The van der Waals surface area contributed by atoms with Gasteiger partial charge in [0.1, 0.15) is 11.9 Å². The molecule has 2 aromatic rings. The molecule has 2 aliphatic rings. The first-order valence-electron chi connectivity index (χ1n) is 10.8. The van der Waals surface area contributed by atoms with Gasteiger partial charge in [0.05, 0.1) is 24.8 Å². The molecule has 1 N–H and O–H groups in total. The third kappa shape index (κ3) is 3.95. The van der Waals surface area contributed by atoms with Crippen LogP contribution in [0.1, 0.15) is 47.2 Å². The van der Waals surface area contributed by atoms with Crippen molar-refractivity contribution in [2.24, 2.45) is 0 Å². The maximum absolute atomic E-state index is 13.0. The summed E-state index contributed by atoms with van der Waals surface area (Å²) < 4.78 is 7.85. The molecule has 0 saturated carbocycles. The molecule has 1 aromatic heterocycles. The van der Waals surface area contributed by atoms with Crippen LogP contribution >= 0.6 is 0 Å². The molecule has 2 aliphatic heterocycles. The highest BCUT2D eigenvalue weighted by molar-refractivity contribution is 5.95. The Morgan fingerprint density at radius 3 is 2.87 bits per heavy atom. The van der Waals surface area contributed by atoms with Gasteiger partial charge >= 0.3 is 0 Å². The van der Waals surface area contributed by atoms with Crippen LogP contribution in [-0.2, 0) is 22.5 Å². The van der Waals surface area contributed by atoms with E-state index >= 15 is 0 Å². The van der Waals surface area contributed by atoms with Crippen molar-refractivity contribution in [2.45, 2.75) is 59.1 Å². The van der Waals surface area contributed by atoms with Gasteiger partial charge in [-0.15, -0.1) is 0 Å². The van der Waals surface area contributed by atoms with E-state index in [4.69, 9.17) is 4.74 Å². The summed E-state index contributed by atoms with van der Waals surface area (Å²) in [6.07, 6.45) is 4.30. The van der Waals surface area contributed by atoms with Gasteiger partial charge in [-0.2, -0.15) is 5.26 Å². The van der Waals surface area contributed by atoms with Crippen molar-refractivity contribution < 1.29 is 9.53 Å². The maximum atomic E-state index is 13.0. The molecule has 1 unspecified atom stereocenters. The number of benzene rings is 1. The van der Waals surface area contributed by atoms with Crippen molar-refractivity contribution in [1.29, 1.82) is 5.26 Å². The molecule has 6 heteroatoms. The topological polar surface area (TPSA) is 70.3 Å². The van der Waals surface area contributed by atoms with Gasteiger partial charge in [0, 0.05) is 24.5 Å². The number of nitrogens with one attached hydrogen (secondary N) is 1. The lowest BCUT2D eigenvalue weighted by atomic mass is 9.99. The van der Waals surface area contributed by atoms with E-state index in [2.05, 4.69) is 46.0 Å². The summed E-state index contributed by atoms with van der Waals surface area (Å²) >= 11 is 0. The predicted octanol–water partition coefficient (Wildman–Crippen LogP) is 3.86. The smallest absolute Gasteiger partial charge is 0.245 e. The van der Waals surface area contributed by atoms with Crippen molar-refractivity contribution in [3.8, 4) is 6.07 Å². The Morgan fingerprint density at radius 1 is 1.30 bits per heavy atom. The van der Waals surface area contributed by atoms with Crippen molar-refractivity contribution in [3.05, 3.63) is 46.1 Å². The summed E-state index contributed by atoms with van der Waals surface area (Å²) in [6.45, 7) is 8.64. The lowest BCUT2D eigenvalue weighted by Crippen LogP contribution is -2.37. The van der Waals surface area contributed by atoms with Gasteiger partial charge in [0.15, 0.2) is 0 Å². The standard InChI is InChI=1S/C24H30N4O2/c1-16-8-9-22-19(12-16)6-4-10-27(22)15-23(29)26-24-21(13-25)17(2)18(3)28(24)14-20-7-5-11-30-20/h8-9,12,20H,4-7,10-11,14-15H2,1-3H3,(H,26,29). The fourth-order valence-electron chi connectivity index (χ4n) is 4.66. The summed E-state index contributed by atoms with van der Waals surface area (Å²) in [5.41, 5.74) is 6.18. The SMILES string of the molecule is Cc1ccc2c(c1)CCCN2CC(=O)Nc1c(C#N)c(C)c(C)n1CC1CCCO1. The number of carbonyl (C=O) groups is 1. The van der Waals surface area contributed by atoms with Crippen molar-refractivity contribution in [1.82, 2.24) is 4.57 Å². The highest BCUT2D eigenvalue weighted by Crippen LogP contribution is 2.30. The number of rotatable bonds is 5. The van der Waals surface area contributed by atoms with Gasteiger partial charge in [0.25, 0.3) is 0 Å². The van der Waals surface area contributed by atoms with Crippen LogP contribution < -0.4 is 10.2 Å². The number of carbonyl (C=O) groups excluding carboxylic acids is 1. The van der Waals surface area contributed by atoms with Crippen LogP contribution in [0.4, 0.5) is 11.5 Å². The predicted molar refractivity (Wildman–Crippen MR) is 118 cm³/mol. The molecule has 6 nitrogen and oxygen atoms in total. The van der Waals surface area contributed by atoms with E-state index in [0.717, 1.165) is 55.8 Å². The number of nitriles is 1. The van der Waals surface area contributed by atoms with E-state index in [1.54, 1.807) is 0 Å². The van der Waals surface area contributed by atoms with Crippen LogP contribution in [0, 0.1) is 32.1 Å². The lowest BCUT2D eigenvalue weighted by Gasteiger charge is -2.31. The monoisotopic (exact) mass is 406 g/mol. The number of hydrogen-bond acceptors (Lipinski definition) is 4. The Morgan fingerprint density at radius 2 is 2.13 bits per heavy atom. The number of anilines is 2. The Bertz CT molecular complexity index is 996. The number of ether oxygens (including phenoxy) is 1. The molecule has 0 spiro atoms. The van der Waals surface area contributed by atoms with Gasteiger partial charge in [0.2, 0.25) is 5.91 Å². The van der Waals surface area contributed by atoms with Crippen LogP contribution in [0.3, 0.4) is 0 Å². The molecule has 1 fully saturated rings. The average molecular weight is 407 g/mol. The van der Waals surface area contributed by atoms with E-state index in [9.17, 15) is 10.1 Å². The minimum Gasteiger partial charge on any atom is -0.376 e. The van der Waals surface area contributed by atoms with Crippen molar-refractivity contribution in [2.75, 3.05) is 29.9 Å². The molecular formula is C24H30N4O2. The van der Waals surface area contributed by atoms with Gasteiger partial charge in [-0.25, -0.2) is 0 Å². The molecule has 1 saturated heterocycles. The van der Waals surface area contributed by atoms with Gasteiger partial charge in [-0.1, -0.05) is 17.7 Å². The molecule has 0 aliphatic carbocycles. The van der Waals surface area contributed by atoms with E-state index in [1.807, 2.05) is 13.8 Å². The third-order valence-corrected chi connectivity index (χ3v) is 6.39. The highest BCUT2D eigenvalue weighted by Gasteiger charge is 2.25. The van der Waals surface area contributed by atoms with E-state index in [0.29, 0.717) is 17.9 Å². The Labute approximate surface area is 178 Å². The van der Waals surface area contributed by atoms with Crippen LogP contribution in [0.15, 0.2) is 18.2 Å². The van der Waals surface area contributed by atoms with Gasteiger partial charge in [-0.3, -0.25) is 4.79 Å². The summed E-state index contributed by atoms with van der Waals surface area (Å²) in [7, 11) is 0. The van der Waals surface area contributed by atoms with Crippen LogP contribution in [-0.4, -0.2) is 36.3 Å². The molecule has 4 rings (SSSR count). The number of aromatic nitrogens is 1. The zero-order chi connectivity index (χ0) is 21.3. The van der Waals surface area contributed by atoms with E-state index in [1.165, 1.54) is 11.1 Å².